The Balaban J connectivity index is 1.36. The summed E-state index contributed by atoms with van der Waals surface area (Å²) in [5.41, 5.74) is 4.78. The quantitative estimate of drug-likeness (QED) is 0.645. The van der Waals surface area contributed by atoms with Crippen LogP contribution in [0.2, 0.25) is 0 Å². The first-order valence-electron chi connectivity index (χ1n) is 11.1. The van der Waals surface area contributed by atoms with Gasteiger partial charge in [-0.15, -0.1) is 0 Å². The third-order valence-corrected chi connectivity index (χ3v) is 5.80. The first kappa shape index (κ1) is 21.3. The van der Waals surface area contributed by atoms with E-state index in [0.717, 1.165) is 72.8 Å². The van der Waals surface area contributed by atoms with E-state index in [-0.39, 0.29) is 0 Å². The van der Waals surface area contributed by atoms with Crippen molar-refractivity contribution in [2.45, 2.75) is 26.8 Å². The average molecular weight is 414 g/mol. The number of aromatic nitrogens is 2. The fraction of sp³-hybridized carbons (Fsp3) is 0.385. The SMILES string of the molecule is Cc1cccc(C#Cc2ccc3ncc(NCCN4CCN(C(C)C)CC4)cc3c2)n1. The predicted molar refractivity (Wildman–Crippen MR) is 128 cm³/mol. The Labute approximate surface area is 185 Å². The molecule has 0 saturated carbocycles. The minimum Gasteiger partial charge on any atom is -0.382 e. The molecule has 1 fully saturated rings. The summed E-state index contributed by atoms with van der Waals surface area (Å²) in [6.07, 6.45) is 1.92. The Kier molecular flexibility index (Phi) is 6.81. The summed E-state index contributed by atoms with van der Waals surface area (Å²) in [5, 5.41) is 4.63. The molecule has 3 heterocycles. The zero-order valence-electron chi connectivity index (χ0n) is 18.7. The molecule has 0 atom stereocenters. The van der Waals surface area contributed by atoms with Gasteiger partial charge in [0.05, 0.1) is 17.4 Å². The Morgan fingerprint density at radius 1 is 1.03 bits per heavy atom. The van der Waals surface area contributed by atoms with E-state index in [0.29, 0.717) is 6.04 Å². The zero-order chi connectivity index (χ0) is 21.6. The number of pyridine rings is 2. The van der Waals surface area contributed by atoms with Crippen LogP contribution >= 0.6 is 0 Å². The summed E-state index contributed by atoms with van der Waals surface area (Å²) in [4.78, 5) is 14.1. The molecule has 1 N–H and O–H groups in total. The molecule has 31 heavy (non-hydrogen) atoms. The lowest BCUT2D eigenvalue weighted by Gasteiger charge is -2.36. The van der Waals surface area contributed by atoms with Gasteiger partial charge in [-0.3, -0.25) is 14.8 Å². The summed E-state index contributed by atoms with van der Waals surface area (Å²) >= 11 is 0. The second kappa shape index (κ2) is 9.91. The Bertz CT molecular complexity index is 1090. The van der Waals surface area contributed by atoms with Crippen molar-refractivity contribution in [3.63, 3.8) is 0 Å². The van der Waals surface area contributed by atoms with Gasteiger partial charge in [0.2, 0.25) is 0 Å². The molecule has 1 aliphatic heterocycles. The lowest BCUT2D eigenvalue weighted by atomic mass is 10.1. The number of nitrogens with zero attached hydrogens (tertiary/aromatic N) is 4. The fourth-order valence-corrected chi connectivity index (χ4v) is 3.92. The third-order valence-electron chi connectivity index (χ3n) is 5.80. The molecular formula is C26H31N5. The topological polar surface area (TPSA) is 44.3 Å². The number of aryl methyl sites for hydroxylation is 1. The minimum atomic E-state index is 0.645. The average Bonchev–Trinajstić information content (AvgIpc) is 2.78. The zero-order valence-corrected chi connectivity index (χ0v) is 18.7. The molecule has 3 aromatic rings. The van der Waals surface area contributed by atoms with Crippen molar-refractivity contribution in [3.8, 4) is 11.8 Å². The van der Waals surface area contributed by atoms with Gasteiger partial charge >= 0.3 is 0 Å². The number of nitrogens with one attached hydrogen (secondary N) is 1. The fourth-order valence-electron chi connectivity index (χ4n) is 3.92. The molecule has 0 aliphatic carbocycles. The van der Waals surface area contributed by atoms with E-state index in [1.807, 2.05) is 43.5 Å². The number of hydrogen-bond acceptors (Lipinski definition) is 5. The molecule has 0 radical (unpaired) electrons. The molecule has 160 valence electrons. The Morgan fingerprint density at radius 2 is 1.87 bits per heavy atom. The van der Waals surface area contributed by atoms with E-state index in [2.05, 4.69) is 62.9 Å². The van der Waals surface area contributed by atoms with E-state index >= 15 is 0 Å². The predicted octanol–water partition coefficient (Wildman–Crippen LogP) is 3.78. The van der Waals surface area contributed by atoms with Crippen LogP contribution in [-0.4, -0.2) is 65.1 Å². The van der Waals surface area contributed by atoms with Gasteiger partial charge in [-0.05, 0) is 63.1 Å². The molecule has 1 saturated heterocycles. The van der Waals surface area contributed by atoms with Crippen LogP contribution in [0.4, 0.5) is 5.69 Å². The molecule has 0 spiro atoms. The van der Waals surface area contributed by atoms with Gasteiger partial charge in [-0.25, -0.2) is 4.98 Å². The van der Waals surface area contributed by atoms with Gasteiger partial charge in [-0.1, -0.05) is 12.0 Å². The van der Waals surface area contributed by atoms with Crippen LogP contribution in [0.5, 0.6) is 0 Å². The number of piperazine rings is 1. The Morgan fingerprint density at radius 3 is 2.65 bits per heavy atom. The monoisotopic (exact) mass is 413 g/mol. The normalized spacial score (nSPS) is 15.1. The van der Waals surface area contributed by atoms with Crippen LogP contribution in [0.1, 0.15) is 30.8 Å². The second-order valence-electron chi connectivity index (χ2n) is 8.44. The van der Waals surface area contributed by atoms with Crippen LogP contribution in [0.3, 0.4) is 0 Å². The smallest absolute Gasteiger partial charge is 0.113 e. The van der Waals surface area contributed by atoms with Gasteiger partial charge in [-0.2, -0.15) is 0 Å². The van der Waals surface area contributed by atoms with E-state index in [1.54, 1.807) is 0 Å². The van der Waals surface area contributed by atoms with E-state index in [4.69, 9.17) is 0 Å². The Hall–Kier alpha value is -2.94. The molecule has 0 bridgehead atoms. The molecule has 4 rings (SSSR count). The summed E-state index contributed by atoms with van der Waals surface area (Å²) < 4.78 is 0. The first-order valence-corrected chi connectivity index (χ1v) is 11.1. The standard InChI is InChI=1S/C26H31N5/c1-20(2)31-15-13-30(14-16-31)12-11-27-25-18-23-17-22(8-10-26(23)28-19-25)7-9-24-6-4-5-21(3)29-24/h4-6,8,10,17-20,27H,11-16H2,1-3H3. The first-order chi connectivity index (χ1) is 15.1. The van der Waals surface area contributed by atoms with E-state index in [9.17, 15) is 0 Å². The number of fused-ring (bicyclic) bond motifs is 1. The van der Waals surface area contributed by atoms with E-state index in [1.165, 1.54) is 0 Å². The maximum atomic E-state index is 4.60. The third kappa shape index (κ3) is 5.81. The van der Waals surface area contributed by atoms with Gasteiger partial charge in [0.15, 0.2) is 0 Å². The summed E-state index contributed by atoms with van der Waals surface area (Å²) in [6, 6.07) is 14.9. The molecule has 1 aliphatic rings. The van der Waals surface area contributed by atoms with Crippen molar-refractivity contribution >= 4 is 16.6 Å². The van der Waals surface area contributed by atoms with Crippen molar-refractivity contribution in [1.82, 2.24) is 19.8 Å². The van der Waals surface area contributed by atoms with Crippen molar-refractivity contribution in [2.24, 2.45) is 0 Å². The maximum absolute atomic E-state index is 4.60. The molecule has 2 aromatic heterocycles. The summed E-state index contributed by atoms with van der Waals surface area (Å²) in [7, 11) is 0. The van der Waals surface area contributed by atoms with Crippen molar-refractivity contribution in [1.29, 1.82) is 0 Å². The second-order valence-corrected chi connectivity index (χ2v) is 8.44. The lowest BCUT2D eigenvalue weighted by molar-refractivity contribution is 0.111. The maximum Gasteiger partial charge on any atom is 0.113 e. The lowest BCUT2D eigenvalue weighted by Crippen LogP contribution is -2.49. The molecule has 0 unspecified atom stereocenters. The largest absolute Gasteiger partial charge is 0.382 e. The minimum absolute atomic E-state index is 0.645. The molecular weight excluding hydrogens is 382 g/mol. The molecule has 5 heteroatoms. The molecule has 5 nitrogen and oxygen atoms in total. The number of hydrogen-bond donors (Lipinski definition) is 1. The van der Waals surface area contributed by atoms with Crippen LogP contribution in [0.25, 0.3) is 10.9 Å². The van der Waals surface area contributed by atoms with Crippen LogP contribution in [0, 0.1) is 18.8 Å². The molecule has 1 aromatic carbocycles. The highest BCUT2D eigenvalue weighted by Crippen LogP contribution is 2.18. The van der Waals surface area contributed by atoms with Gasteiger partial charge in [0, 0.05) is 62.0 Å². The van der Waals surface area contributed by atoms with Crippen molar-refractivity contribution in [3.05, 3.63) is 65.6 Å². The van der Waals surface area contributed by atoms with Crippen LogP contribution < -0.4 is 5.32 Å². The van der Waals surface area contributed by atoms with Crippen molar-refractivity contribution in [2.75, 3.05) is 44.6 Å². The summed E-state index contributed by atoms with van der Waals surface area (Å²) in [5.74, 6) is 6.38. The molecule has 0 amide bonds. The number of benzene rings is 1. The number of anilines is 1. The van der Waals surface area contributed by atoms with E-state index < -0.39 is 0 Å². The highest BCUT2D eigenvalue weighted by molar-refractivity contribution is 5.83. The van der Waals surface area contributed by atoms with Crippen LogP contribution in [0.15, 0.2) is 48.7 Å². The van der Waals surface area contributed by atoms with Crippen LogP contribution in [-0.2, 0) is 0 Å². The summed E-state index contributed by atoms with van der Waals surface area (Å²) in [6.45, 7) is 13.1. The highest BCUT2D eigenvalue weighted by Gasteiger charge is 2.18. The number of rotatable bonds is 5. The van der Waals surface area contributed by atoms with Gasteiger partial charge in [0.1, 0.15) is 5.69 Å². The van der Waals surface area contributed by atoms with Crippen molar-refractivity contribution < 1.29 is 0 Å². The van der Waals surface area contributed by atoms with Gasteiger partial charge in [0.25, 0.3) is 0 Å². The highest BCUT2D eigenvalue weighted by atomic mass is 15.3. The van der Waals surface area contributed by atoms with Gasteiger partial charge < -0.3 is 5.32 Å².